The normalized spacial score (nSPS) is 10.7. The lowest BCUT2D eigenvalue weighted by Crippen LogP contribution is -2.52. The highest BCUT2D eigenvalue weighted by atomic mass is 28.4. The first-order valence-electron chi connectivity index (χ1n) is 6.15. The van der Waals surface area contributed by atoms with Gasteiger partial charge in [0.25, 0.3) is 0 Å². The number of quaternary nitrogens is 1. The Bertz CT molecular complexity index is 186. The molecule has 0 radical (unpaired) electrons. The smallest absolute Gasteiger partial charge is 0.501 e. The molecule has 0 spiro atoms. The van der Waals surface area contributed by atoms with Crippen molar-refractivity contribution in [3.63, 3.8) is 0 Å². The summed E-state index contributed by atoms with van der Waals surface area (Å²) in [5, 5.41) is 8.67. The number of hydrogen-bond donors (Lipinski definition) is 2. The van der Waals surface area contributed by atoms with Gasteiger partial charge in [-0.05, 0) is 20.8 Å². The molecule has 8 heteroatoms. The molecule has 0 fully saturated rings. The Morgan fingerprint density at radius 1 is 1.17 bits per heavy atom. The lowest BCUT2D eigenvalue weighted by atomic mass is 10.5. The fourth-order valence-corrected chi connectivity index (χ4v) is 4.03. The van der Waals surface area contributed by atoms with Crippen molar-refractivity contribution in [1.29, 1.82) is 0 Å². The largest absolute Gasteiger partial charge is 0.530 e. The summed E-state index contributed by atoms with van der Waals surface area (Å²) >= 11 is 0. The van der Waals surface area contributed by atoms with Crippen molar-refractivity contribution in [2.75, 3.05) is 26.4 Å². The molecular weight excluding hydrogens is 256 g/mol. The molecule has 110 valence electrons. The Balaban J connectivity index is 0. The van der Waals surface area contributed by atoms with Gasteiger partial charge >= 0.3 is 8.80 Å². The lowest BCUT2D eigenvalue weighted by molar-refractivity contribution is -0.367. The molecule has 0 aliphatic rings. The first-order valence-corrected chi connectivity index (χ1v) is 8.08. The predicted octanol–water partition coefficient (Wildman–Crippen LogP) is -1.04. The summed E-state index contributed by atoms with van der Waals surface area (Å²) in [7, 11) is -2.36. The average molecular weight is 282 g/mol. The molecule has 0 aromatic rings. The zero-order valence-electron chi connectivity index (χ0n) is 11.6. The summed E-state index contributed by atoms with van der Waals surface area (Å²) in [6.07, 6.45) is -0.577. The van der Waals surface area contributed by atoms with Gasteiger partial charge in [0.15, 0.2) is 0 Å². The van der Waals surface area contributed by atoms with Crippen LogP contribution in [0.4, 0.5) is 4.79 Å². The van der Waals surface area contributed by atoms with E-state index in [1.807, 2.05) is 20.8 Å². The topological polar surface area (TPSA) is 121 Å². The van der Waals surface area contributed by atoms with E-state index in [9.17, 15) is 0 Å². The van der Waals surface area contributed by atoms with Crippen molar-refractivity contribution in [3.05, 3.63) is 0 Å². The number of amides is 1. The fraction of sp³-hybridized carbons (Fsp3) is 0.900. The number of hydrogen-bond acceptors (Lipinski definition) is 5. The molecule has 0 aromatic carbocycles. The molecule has 0 saturated carbocycles. The SMILES string of the molecule is CCO[Si](CCC[NH3+])(OCC)OCC.NC(=O)[O-]. The second-order valence-electron chi connectivity index (χ2n) is 3.26. The van der Waals surface area contributed by atoms with E-state index in [0.717, 1.165) is 19.0 Å². The Hall–Kier alpha value is -0.673. The molecular formula is C10H26N2O5Si. The van der Waals surface area contributed by atoms with Gasteiger partial charge in [0.2, 0.25) is 0 Å². The van der Waals surface area contributed by atoms with Crippen molar-refractivity contribution in [3.8, 4) is 0 Å². The summed E-state index contributed by atoms with van der Waals surface area (Å²) in [6, 6.07) is 0.881. The van der Waals surface area contributed by atoms with Gasteiger partial charge in [0.1, 0.15) is 6.09 Å². The van der Waals surface area contributed by atoms with Gasteiger partial charge in [-0.25, -0.2) is 0 Å². The summed E-state index contributed by atoms with van der Waals surface area (Å²) < 4.78 is 17.0. The molecule has 0 atom stereocenters. The van der Waals surface area contributed by atoms with Crippen LogP contribution in [-0.2, 0) is 13.3 Å². The van der Waals surface area contributed by atoms with E-state index in [1.54, 1.807) is 0 Å². The van der Waals surface area contributed by atoms with E-state index in [2.05, 4.69) is 11.5 Å². The zero-order chi connectivity index (χ0) is 14.4. The van der Waals surface area contributed by atoms with Crippen LogP contribution >= 0.6 is 0 Å². The van der Waals surface area contributed by atoms with Crippen LogP contribution in [0.25, 0.3) is 0 Å². The van der Waals surface area contributed by atoms with Crippen LogP contribution in [0.1, 0.15) is 27.2 Å². The van der Waals surface area contributed by atoms with Crippen LogP contribution in [0.15, 0.2) is 0 Å². The third kappa shape index (κ3) is 11.8. The molecule has 5 N–H and O–H groups in total. The van der Waals surface area contributed by atoms with Gasteiger partial charge in [-0.15, -0.1) is 0 Å². The Labute approximate surface area is 110 Å². The van der Waals surface area contributed by atoms with Gasteiger partial charge in [0, 0.05) is 32.3 Å². The minimum absolute atomic E-state index is 0.656. The average Bonchev–Trinajstić information content (AvgIpc) is 2.27. The van der Waals surface area contributed by atoms with Crippen LogP contribution in [-0.4, -0.2) is 41.3 Å². The number of nitrogens with two attached hydrogens (primary N) is 1. The van der Waals surface area contributed by atoms with Crippen molar-refractivity contribution < 1.29 is 28.9 Å². The van der Waals surface area contributed by atoms with E-state index in [-0.39, 0.29) is 0 Å². The number of carbonyl (C=O) groups is 1. The van der Waals surface area contributed by atoms with Crippen molar-refractivity contribution in [2.24, 2.45) is 5.73 Å². The maximum atomic E-state index is 8.67. The number of carboxylic acid groups (broad SMARTS) is 1. The quantitative estimate of drug-likeness (QED) is 0.523. The number of rotatable bonds is 9. The molecule has 0 heterocycles. The monoisotopic (exact) mass is 282 g/mol. The van der Waals surface area contributed by atoms with Crippen LogP contribution in [0.2, 0.25) is 6.04 Å². The van der Waals surface area contributed by atoms with Gasteiger partial charge in [-0.1, -0.05) is 0 Å². The molecule has 0 rings (SSSR count). The second-order valence-corrected chi connectivity index (χ2v) is 5.99. The first kappa shape index (κ1) is 19.7. The summed E-state index contributed by atoms with van der Waals surface area (Å²) in [5.74, 6) is 0. The molecule has 7 nitrogen and oxygen atoms in total. The molecule has 0 aliphatic heterocycles. The van der Waals surface area contributed by atoms with E-state index < -0.39 is 14.9 Å². The minimum atomic E-state index is -2.36. The highest BCUT2D eigenvalue weighted by molar-refractivity contribution is 6.60. The molecule has 0 unspecified atom stereocenters. The molecule has 0 aliphatic carbocycles. The van der Waals surface area contributed by atoms with Gasteiger partial charge in [0.05, 0.1) is 6.54 Å². The summed E-state index contributed by atoms with van der Waals surface area (Å²) in [4.78, 5) is 8.67. The third-order valence-corrected chi connectivity index (χ3v) is 4.98. The van der Waals surface area contributed by atoms with Crippen LogP contribution in [0, 0.1) is 0 Å². The van der Waals surface area contributed by atoms with Gasteiger partial charge in [-0.3, -0.25) is 0 Å². The highest BCUT2D eigenvalue weighted by Crippen LogP contribution is 2.17. The van der Waals surface area contributed by atoms with Gasteiger partial charge in [-0.2, -0.15) is 0 Å². The molecule has 18 heavy (non-hydrogen) atoms. The Kier molecular flexibility index (Phi) is 14.0. The van der Waals surface area contributed by atoms with Crippen LogP contribution < -0.4 is 16.6 Å². The first-order chi connectivity index (χ1) is 8.47. The zero-order valence-corrected chi connectivity index (χ0v) is 12.6. The lowest BCUT2D eigenvalue weighted by Gasteiger charge is -2.27. The summed E-state index contributed by atoms with van der Waals surface area (Å²) in [6.45, 7) is 8.80. The van der Waals surface area contributed by atoms with E-state index in [4.69, 9.17) is 23.2 Å². The molecule has 0 bridgehead atoms. The van der Waals surface area contributed by atoms with Gasteiger partial charge < -0.3 is 34.6 Å². The Morgan fingerprint density at radius 2 is 1.50 bits per heavy atom. The van der Waals surface area contributed by atoms with E-state index >= 15 is 0 Å². The molecule has 0 saturated heterocycles. The molecule has 1 amide bonds. The highest BCUT2D eigenvalue weighted by Gasteiger charge is 2.39. The third-order valence-electron chi connectivity index (χ3n) is 1.83. The van der Waals surface area contributed by atoms with Crippen molar-refractivity contribution >= 4 is 14.9 Å². The van der Waals surface area contributed by atoms with Crippen molar-refractivity contribution in [2.45, 2.75) is 33.2 Å². The van der Waals surface area contributed by atoms with Crippen LogP contribution in [0.5, 0.6) is 0 Å². The summed E-state index contributed by atoms with van der Waals surface area (Å²) in [5.41, 5.74) is 7.74. The standard InChI is InChI=1S/C9H23NO3Si.CH3NO2/c1-4-11-14(12-5-2,13-6-3)9-7-8-10;2-1(3)4/h4-10H2,1-3H3;2H2,(H,3,4). The fourth-order valence-electron chi connectivity index (χ4n) is 1.34. The maximum absolute atomic E-state index is 8.67. The molecule has 0 aromatic heterocycles. The van der Waals surface area contributed by atoms with E-state index in [1.165, 1.54) is 0 Å². The van der Waals surface area contributed by atoms with Crippen molar-refractivity contribution in [1.82, 2.24) is 0 Å². The Morgan fingerprint density at radius 3 is 1.72 bits per heavy atom. The second kappa shape index (κ2) is 12.8. The predicted molar refractivity (Wildman–Crippen MR) is 67.4 cm³/mol. The number of carbonyl (C=O) groups excluding carboxylic acids is 1. The van der Waals surface area contributed by atoms with Crippen LogP contribution in [0.3, 0.4) is 0 Å². The minimum Gasteiger partial charge on any atom is -0.530 e. The van der Waals surface area contributed by atoms with E-state index in [0.29, 0.717) is 19.8 Å². The maximum Gasteiger partial charge on any atom is 0.501 e. The number of primary amides is 1.